The van der Waals surface area contributed by atoms with Gasteiger partial charge in [0, 0.05) is 5.54 Å². The first-order valence-electron chi connectivity index (χ1n) is 9.25. The molecule has 4 heteroatoms. The predicted molar refractivity (Wildman–Crippen MR) is 105 cm³/mol. The zero-order valence-electron chi connectivity index (χ0n) is 15.4. The Hall–Kier alpha value is -0.770. The molecule has 0 saturated heterocycles. The Labute approximate surface area is 154 Å². The topological polar surface area (TPSA) is 55.5 Å². The Morgan fingerprint density at radius 1 is 1.04 bits per heavy atom. The lowest BCUT2D eigenvalue weighted by molar-refractivity contribution is 0.177. The molecular weight excluding hydrogens is 322 g/mol. The molecule has 1 rings (SSSR count). The molecule has 0 heterocycles. The van der Waals surface area contributed by atoms with Crippen LogP contribution in [0, 0.1) is 0 Å². The zero-order valence-corrected chi connectivity index (χ0v) is 16.2. The molecule has 0 aliphatic heterocycles. The normalized spacial score (nSPS) is 13.2. The number of halogens is 1. The van der Waals surface area contributed by atoms with Crippen molar-refractivity contribution < 1.29 is 9.84 Å². The van der Waals surface area contributed by atoms with Crippen LogP contribution in [0.15, 0.2) is 24.3 Å². The summed E-state index contributed by atoms with van der Waals surface area (Å²) in [4.78, 5) is 0. The monoisotopic (exact) mass is 357 g/mol. The molecule has 24 heavy (non-hydrogen) atoms. The molecule has 140 valence electrons. The number of aliphatic hydroxyl groups excluding tert-OH is 1. The van der Waals surface area contributed by atoms with Gasteiger partial charge < -0.3 is 15.6 Å². The van der Waals surface area contributed by atoms with Crippen LogP contribution in [0.3, 0.4) is 0 Å². The minimum atomic E-state index is -0.453. The van der Waals surface area contributed by atoms with Gasteiger partial charge in [-0.25, -0.2) is 0 Å². The molecule has 1 aromatic rings. The second-order valence-electron chi connectivity index (χ2n) is 6.68. The SMILES string of the molecule is CCCCCCCOc1cccc(CCC(N)(CO)CCC)c1.Cl. The van der Waals surface area contributed by atoms with Crippen LogP contribution >= 0.6 is 12.4 Å². The molecule has 0 bridgehead atoms. The molecule has 0 saturated carbocycles. The summed E-state index contributed by atoms with van der Waals surface area (Å²) in [6.45, 7) is 5.18. The van der Waals surface area contributed by atoms with Crippen LogP contribution in [0.1, 0.15) is 70.8 Å². The van der Waals surface area contributed by atoms with Gasteiger partial charge in [-0.05, 0) is 43.4 Å². The Bertz CT molecular complexity index is 428. The minimum absolute atomic E-state index is 0. The van der Waals surface area contributed by atoms with E-state index in [0.717, 1.165) is 44.5 Å². The smallest absolute Gasteiger partial charge is 0.119 e. The van der Waals surface area contributed by atoms with E-state index in [1.54, 1.807) is 0 Å². The van der Waals surface area contributed by atoms with Gasteiger partial charge in [0.25, 0.3) is 0 Å². The summed E-state index contributed by atoms with van der Waals surface area (Å²) in [6.07, 6.45) is 9.81. The molecule has 0 radical (unpaired) electrons. The van der Waals surface area contributed by atoms with Crippen molar-refractivity contribution >= 4 is 12.4 Å². The van der Waals surface area contributed by atoms with E-state index < -0.39 is 5.54 Å². The van der Waals surface area contributed by atoms with Crippen LogP contribution in [-0.2, 0) is 6.42 Å². The third kappa shape index (κ3) is 9.51. The van der Waals surface area contributed by atoms with Gasteiger partial charge in [0.05, 0.1) is 13.2 Å². The van der Waals surface area contributed by atoms with Crippen molar-refractivity contribution in [2.24, 2.45) is 5.73 Å². The largest absolute Gasteiger partial charge is 0.494 e. The summed E-state index contributed by atoms with van der Waals surface area (Å²) in [5.41, 5.74) is 7.03. The molecule has 1 aromatic carbocycles. The third-order valence-corrected chi connectivity index (χ3v) is 4.39. The molecule has 1 unspecified atom stereocenters. The van der Waals surface area contributed by atoms with E-state index in [1.165, 1.54) is 31.2 Å². The van der Waals surface area contributed by atoms with Gasteiger partial charge in [-0.15, -0.1) is 12.4 Å². The van der Waals surface area contributed by atoms with Crippen molar-refractivity contribution in [1.82, 2.24) is 0 Å². The van der Waals surface area contributed by atoms with Crippen molar-refractivity contribution in [2.75, 3.05) is 13.2 Å². The van der Waals surface area contributed by atoms with Gasteiger partial charge in [-0.2, -0.15) is 0 Å². The lowest BCUT2D eigenvalue weighted by Crippen LogP contribution is -2.43. The maximum atomic E-state index is 9.50. The highest BCUT2D eigenvalue weighted by molar-refractivity contribution is 5.85. The van der Waals surface area contributed by atoms with Crippen molar-refractivity contribution in [3.63, 3.8) is 0 Å². The van der Waals surface area contributed by atoms with Gasteiger partial charge in [-0.3, -0.25) is 0 Å². The Balaban J connectivity index is 0.00000529. The highest BCUT2D eigenvalue weighted by Crippen LogP contribution is 2.20. The number of nitrogens with two attached hydrogens (primary N) is 1. The second-order valence-corrected chi connectivity index (χ2v) is 6.68. The van der Waals surface area contributed by atoms with Gasteiger partial charge in [0.2, 0.25) is 0 Å². The average molecular weight is 358 g/mol. The van der Waals surface area contributed by atoms with Crippen LogP contribution in [0.4, 0.5) is 0 Å². The molecule has 0 aliphatic carbocycles. The van der Waals surface area contributed by atoms with Crippen molar-refractivity contribution in [1.29, 1.82) is 0 Å². The molecule has 0 spiro atoms. The lowest BCUT2D eigenvalue weighted by atomic mass is 9.89. The highest BCUT2D eigenvalue weighted by Gasteiger charge is 2.22. The first-order chi connectivity index (χ1) is 11.1. The number of aliphatic hydroxyl groups is 1. The fraction of sp³-hybridized carbons (Fsp3) is 0.700. The maximum absolute atomic E-state index is 9.50. The molecule has 3 N–H and O–H groups in total. The number of ether oxygens (including phenoxy) is 1. The Morgan fingerprint density at radius 3 is 2.46 bits per heavy atom. The fourth-order valence-electron chi connectivity index (χ4n) is 2.86. The number of benzene rings is 1. The maximum Gasteiger partial charge on any atom is 0.119 e. The summed E-state index contributed by atoms with van der Waals surface area (Å²) in [5.74, 6) is 0.945. The summed E-state index contributed by atoms with van der Waals surface area (Å²) in [6, 6.07) is 8.27. The van der Waals surface area contributed by atoms with Crippen LogP contribution in [0.2, 0.25) is 0 Å². The van der Waals surface area contributed by atoms with E-state index in [0.29, 0.717) is 0 Å². The summed E-state index contributed by atoms with van der Waals surface area (Å²) in [7, 11) is 0. The first-order valence-corrected chi connectivity index (χ1v) is 9.25. The van der Waals surface area contributed by atoms with Crippen molar-refractivity contribution in [3.8, 4) is 5.75 Å². The van der Waals surface area contributed by atoms with Gasteiger partial charge in [0.1, 0.15) is 5.75 Å². The summed E-state index contributed by atoms with van der Waals surface area (Å²) >= 11 is 0. The summed E-state index contributed by atoms with van der Waals surface area (Å²) in [5, 5.41) is 9.50. The molecule has 0 aromatic heterocycles. The van der Waals surface area contributed by atoms with E-state index in [2.05, 4.69) is 26.0 Å². The fourth-order valence-corrected chi connectivity index (χ4v) is 2.86. The lowest BCUT2D eigenvalue weighted by Gasteiger charge is -2.26. The standard InChI is InChI=1S/C20H35NO2.ClH/c1-3-5-6-7-8-15-23-19-11-9-10-18(16-19)12-14-20(21,17-22)13-4-2;/h9-11,16,22H,3-8,12-15,17,21H2,1-2H3;1H. The van der Waals surface area contributed by atoms with Gasteiger partial charge in [-0.1, -0.05) is 58.1 Å². The van der Waals surface area contributed by atoms with Gasteiger partial charge in [0.15, 0.2) is 0 Å². The molecule has 0 aliphatic rings. The zero-order chi connectivity index (χ0) is 17.0. The Morgan fingerprint density at radius 2 is 1.79 bits per heavy atom. The minimum Gasteiger partial charge on any atom is -0.494 e. The number of hydrogen-bond donors (Lipinski definition) is 2. The quantitative estimate of drug-likeness (QED) is 0.494. The summed E-state index contributed by atoms with van der Waals surface area (Å²) < 4.78 is 5.85. The first kappa shape index (κ1) is 23.2. The van der Waals surface area contributed by atoms with E-state index in [9.17, 15) is 5.11 Å². The highest BCUT2D eigenvalue weighted by atomic mass is 35.5. The Kier molecular flexibility index (Phi) is 13.1. The van der Waals surface area contributed by atoms with Crippen molar-refractivity contribution in [3.05, 3.63) is 29.8 Å². The number of aryl methyl sites for hydroxylation is 1. The van der Waals surface area contributed by atoms with E-state index >= 15 is 0 Å². The molecule has 1 atom stereocenters. The van der Waals surface area contributed by atoms with Crippen LogP contribution < -0.4 is 10.5 Å². The second kappa shape index (κ2) is 13.5. The van der Waals surface area contributed by atoms with E-state index in [4.69, 9.17) is 10.5 Å². The van der Waals surface area contributed by atoms with E-state index in [1.807, 2.05) is 12.1 Å². The van der Waals surface area contributed by atoms with Crippen LogP contribution in [0.25, 0.3) is 0 Å². The van der Waals surface area contributed by atoms with Crippen molar-refractivity contribution in [2.45, 2.75) is 77.2 Å². The average Bonchev–Trinajstić information content (AvgIpc) is 2.57. The van der Waals surface area contributed by atoms with Crippen LogP contribution in [0.5, 0.6) is 5.75 Å². The van der Waals surface area contributed by atoms with Gasteiger partial charge >= 0.3 is 0 Å². The molecule has 3 nitrogen and oxygen atoms in total. The number of unbranched alkanes of at least 4 members (excludes halogenated alkanes) is 4. The van der Waals surface area contributed by atoms with E-state index in [-0.39, 0.29) is 19.0 Å². The molecule has 0 amide bonds. The van der Waals surface area contributed by atoms with Crippen LogP contribution in [-0.4, -0.2) is 23.9 Å². The number of rotatable bonds is 13. The third-order valence-electron chi connectivity index (χ3n) is 4.39. The molecular formula is C20H36ClNO2. The number of hydrogen-bond acceptors (Lipinski definition) is 3. The molecule has 0 fully saturated rings. The predicted octanol–water partition coefficient (Wildman–Crippen LogP) is 4.88.